The molecule has 1 aromatic heterocycles. The van der Waals surface area contributed by atoms with Crippen molar-refractivity contribution >= 4 is 11.7 Å². The first kappa shape index (κ1) is 18.5. The van der Waals surface area contributed by atoms with Crippen molar-refractivity contribution in [3.63, 3.8) is 0 Å². The molecule has 27 heavy (non-hydrogen) atoms. The van der Waals surface area contributed by atoms with Crippen LogP contribution in [0.5, 0.6) is 0 Å². The molecule has 3 aromatic rings. The molecule has 0 saturated carbocycles. The maximum atomic E-state index is 12.9. The van der Waals surface area contributed by atoms with Crippen LogP contribution in [0.25, 0.3) is 0 Å². The van der Waals surface area contributed by atoms with E-state index in [1.54, 1.807) is 18.3 Å². The van der Waals surface area contributed by atoms with Crippen molar-refractivity contribution < 1.29 is 9.18 Å². The fourth-order valence-electron chi connectivity index (χ4n) is 2.64. The Kier molecular flexibility index (Phi) is 6.10. The first-order valence-electron chi connectivity index (χ1n) is 8.71. The summed E-state index contributed by atoms with van der Waals surface area (Å²) < 4.78 is 12.9. The van der Waals surface area contributed by atoms with Gasteiger partial charge in [0.15, 0.2) is 0 Å². The summed E-state index contributed by atoms with van der Waals surface area (Å²) in [6.07, 6.45) is 3.69. The van der Waals surface area contributed by atoms with Gasteiger partial charge in [-0.15, -0.1) is 0 Å². The zero-order valence-electron chi connectivity index (χ0n) is 15.1. The van der Waals surface area contributed by atoms with Gasteiger partial charge in [-0.2, -0.15) is 0 Å². The van der Waals surface area contributed by atoms with Gasteiger partial charge in [0.2, 0.25) is 0 Å². The SMILES string of the molecule is CN(Cc1ccccc1)c1cnc(C(=O)NCCc2ccc(F)cc2)cn1. The van der Waals surface area contributed by atoms with E-state index in [9.17, 15) is 9.18 Å². The molecule has 0 unspecified atom stereocenters. The Hall–Kier alpha value is -3.28. The smallest absolute Gasteiger partial charge is 0.271 e. The lowest BCUT2D eigenvalue weighted by Gasteiger charge is -2.17. The predicted molar refractivity (Wildman–Crippen MR) is 103 cm³/mol. The quantitative estimate of drug-likeness (QED) is 0.699. The number of rotatable bonds is 7. The first-order valence-corrected chi connectivity index (χ1v) is 8.71. The highest BCUT2D eigenvalue weighted by molar-refractivity contribution is 5.92. The van der Waals surface area contributed by atoms with Crippen molar-refractivity contribution in [2.24, 2.45) is 0 Å². The van der Waals surface area contributed by atoms with Gasteiger partial charge in [-0.05, 0) is 29.7 Å². The molecule has 0 fully saturated rings. The second-order valence-electron chi connectivity index (χ2n) is 6.23. The van der Waals surface area contributed by atoms with Crippen LogP contribution >= 0.6 is 0 Å². The van der Waals surface area contributed by atoms with Gasteiger partial charge in [0, 0.05) is 20.1 Å². The number of nitrogens with one attached hydrogen (secondary N) is 1. The monoisotopic (exact) mass is 364 g/mol. The van der Waals surface area contributed by atoms with Crippen LogP contribution in [-0.4, -0.2) is 29.5 Å². The summed E-state index contributed by atoms with van der Waals surface area (Å²) in [4.78, 5) is 22.7. The number of amides is 1. The average molecular weight is 364 g/mol. The third-order valence-electron chi connectivity index (χ3n) is 4.14. The summed E-state index contributed by atoms with van der Waals surface area (Å²) in [5.74, 6) is 0.152. The molecule has 0 spiro atoms. The Balaban J connectivity index is 1.51. The van der Waals surface area contributed by atoms with Gasteiger partial charge in [0.05, 0.1) is 12.4 Å². The second kappa shape index (κ2) is 8.89. The van der Waals surface area contributed by atoms with Crippen LogP contribution in [-0.2, 0) is 13.0 Å². The lowest BCUT2D eigenvalue weighted by Crippen LogP contribution is -2.27. The Labute approximate surface area is 157 Å². The molecule has 0 aliphatic carbocycles. The molecule has 138 valence electrons. The topological polar surface area (TPSA) is 58.1 Å². The van der Waals surface area contributed by atoms with Gasteiger partial charge < -0.3 is 10.2 Å². The molecule has 3 rings (SSSR count). The molecule has 0 saturated heterocycles. The summed E-state index contributed by atoms with van der Waals surface area (Å²) in [7, 11) is 1.93. The van der Waals surface area contributed by atoms with E-state index in [0.717, 1.165) is 5.56 Å². The Morgan fingerprint density at radius 2 is 1.74 bits per heavy atom. The number of benzene rings is 2. The molecule has 1 N–H and O–H groups in total. The van der Waals surface area contributed by atoms with Crippen molar-refractivity contribution in [1.82, 2.24) is 15.3 Å². The maximum absolute atomic E-state index is 12.9. The molecular weight excluding hydrogens is 343 g/mol. The first-order chi connectivity index (χ1) is 13.1. The highest BCUT2D eigenvalue weighted by Gasteiger charge is 2.09. The van der Waals surface area contributed by atoms with E-state index in [4.69, 9.17) is 0 Å². The Bertz CT molecular complexity index is 867. The fourth-order valence-corrected chi connectivity index (χ4v) is 2.64. The predicted octanol–water partition coefficient (Wildman–Crippen LogP) is 3.22. The van der Waals surface area contributed by atoms with Gasteiger partial charge in [-0.1, -0.05) is 42.5 Å². The summed E-state index contributed by atoms with van der Waals surface area (Å²) in [5, 5.41) is 2.80. The third-order valence-corrected chi connectivity index (χ3v) is 4.14. The lowest BCUT2D eigenvalue weighted by atomic mass is 10.1. The molecule has 5 nitrogen and oxygen atoms in total. The van der Waals surface area contributed by atoms with Gasteiger partial charge in [-0.3, -0.25) is 4.79 Å². The van der Waals surface area contributed by atoms with Crippen molar-refractivity contribution in [2.75, 3.05) is 18.5 Å². The number of aromatic nitrogens is 2. The van der Waals surface area contributed by atoms with Crippen LogP contribution in [0.4, 0.5) is 10.2 Å². The van der Waals surface area contributed by atoms with E-state index in [1.807, 2.05) is 42.3 Å². The molecular formula is C21H21FN4O. The number of carbonyl (C=O) groups excluding carboxylic acids is 1. The van der Waals surface area contributed by atoms with E-state index in [-0.39, 0.29) is 17.4 Å². The van der Waals surface area contributed by atoms with Crippen LogP contribution in [0.2, 0.25) is 0 Å². The van der Waals surface area contributed by atoms with Crippen LogP contribution in [0.3, 0.4) is 0 Å². The van der Waals surface area contributed by atoms with Gasteiger partial charge in [0.25, 0.3) is 5.91 Å². The third kappa shape index (κ3) is 5.34. The number of carbonyl (C=O) groups is 1. The molecule has 0 bridgehead atoms. The zero-order chi connectivity index (χ0) is 19.1. The minimum absolute atomic E-state index is 0.268. The summed E-state index contributed by atoms with van der Waals surface area (Å²) in [6.45, 7) is 1.15. The van der Waals surface area contributed by atoms with Crippen LogP contribution in [0.1, 0.15) is 21.6 Å². The standard InChI is InChI=1S/C21H21FN4O/c1-26(15-17-5-3-2-4-6-17)20-14-24-19(13-25-20)21(27)23-12-11-16-7-9-18(22)10-8-16/h2-10,13-14H,11-12,15H2,1H3,(H,23,27). The van der Waals surface area contributed by atoms with E-state index in [0.29, 0.717) is 25.3 Å². The van der Waals surface area contributed by atoms with Crippen molar-refractivity contribution in [1.29, 1.82) is 0 Å². The molecule has 0 aliphatic heterocycles. The number of anilines is 1. The minimum Gasteiger partial charge on any atom is -0.354 e. The number of halogens is 1. The van der Waals surface area contributed by atoms with Crippen LogP contribution in [0.15, 0.2) is 67.0 Å². The number of hydrogen-bond donors (Lipinski definition) is 1. The minimum atomic E-state index is -0.276. The molecule has 1 heterocycles. The molecule has 0 aliphatic rings. The van der Waals surface area contributed by atoms with E-state index in [1.165, 1.54) is 23.9 Å². The van der Waals surface area contributed by atoms with Crippen LogP contribution in [0, 0.1) is 5.82 Å². The highest BCUT2D eigenvalue weighted by Crippen LogP contribution is 2.11. The van der Waals surface area contributed by atoms with Crippen molar-refractivity contribution in [3.05, 3.63) is 89.6 Å². The van der Waals surface area contributed by atoms with Crippen LogP contribution < -0.4 is 10.2 Å². The molecule has 0 radical (unpaired) electrons. The normalized spacial score (nSPS) is 10.4. The van der Waals surface area contributed by atoms with E-state index < -0.39 is 0 Å². The molecule has 0 atom stereocenters. The van der Waals surface area contributed by atoms with Crippen molar-refractivity contribution in [3.8, 4) is 0 Å². The fraction of sp³-hybridized carbons (Fsp3) is 0.190. The largest absolute Gasteiger partial charge is 0.354 e. The van der Waals surface area contributed by atoms with E-state index >= 15 is 0 Å². The second-order valence-corrected chi connectivity index (χ2v) is 6.23. The zero-order valence-corrected chi connectivity index (χ0v) is 15.1. The van der Waals surface area contributed by atoms with Gasteiger partial charge >= 0.3 is 0 Å². The molecule has 6 heteroatoms. The Morgan fingerprint density at radius 1 is 1.00 bits per heavy atom. The molecule has 2 aromatic carbocycles. The number of nitrogens with zero attached hydrogens (tertiary/aromatic N) is 3. The highest BCUT2D eigenvalue weighted by atomic mass is 19.1. The summed E-state index contributed by atoms with van der Waals surface area (Å²) >= 11 is 0. The molecule has 1 amide bonds. The lowest BCUT2D eigenvalue weighted by molar-refractivity contribution is 0.0949. The maximum Gasteiger partial charge on any atom is 0.271 e. The van der Waals surface area contributed by atoms with Gasteiger partial charge in [-0.25, -0.2) is 14.4 Å². The number of hydrogen-bond acceptors (Lipinski definition) is 4. The Morgan fingerprint density at radius 3 is 2.41 bits per heavy atom. The summed E-state index contributed by atoms with van der Waals surface area (Å²) in [5.41, 5.74) is 2.40. The van der Waals surface area contributed by atoms with E-state index in [2.05, 4.69) is 15.3 Å². The van der Waals surface area contributed by atoms with Crippen molar-refractivity contribution in [2.45, 2.75) is 13.0 Å². The van der Waals surface area contributed by atoms with Gasteiger partial charge in [0.1, 0.15) is 17.3 Å². The summed E-state index contributed by atoms with van der Waals surface area (Å²) in [6, 6.07) is 16.3. The average Bonchev–Trinajstić information content (AvgIpc) is 2.70.